The minimum atomic E-state index is 0.127. The fourth-order valence-corrected chi connectivity index (χ4v) is 1.76. The second-order valence-corrected chi connectivity index (χ2v) is 4.56. The first-order valence-corrected chi connectivity index (χ1v) is 6.27. The minimum absolute atomic E-state index is 0.127. The Bertz CT molecular complexity index is 390. The third-order valence-electron chi connectivity index (χ3n) is 3.04. The average Bonchev–Trinajstić information content (AvgIpc) is 2.38. The van der Waals surface area contributed by atoms with E-state index < -0.39 is 0 Å². The van der Waals surface area contributed by atoms with Crippen LogP contribution in [-0.2, 0) is 17.9 Å². The van der Waals surface area contributed by atoms with Crippen LogP contribution in [0.1, 0.15) is 18.1 Å². The Morgan fingerprint density at radius 1 is 1.22 bits per heavy atom. The van der Waals surface area contributed by atoms with Crippen molar-refractivity contribution < 1.29 is 4.79 Å². The summed E-state index contributed by atoms with van der Waals surface area (Å²) in [5.41, 5.74) is 8.07. The molecule has 100 valence electrons. The van der Waals surface area contributed by atoms with Crippen molar-refractivity contribution in [2.75, 3.05) is 27.2 Å². The number of carbonyl (C=O) groups is 1. The quantitative estimate of drug-likeness (QED) is 0.820. The largest absolute Gasteiger partial charge is 0.348 e. The Morgan fingerprint density at radius 3 is 2.33 bits per heavy atom. The molecule has 0 saturated carbocycles. The fourth-order valence-electron chi connectivity index (χ4n) is 1.76. The molecular weight excluding hydrogens is 226 g/mol. The highest BCUT2D eigenvalue weighted by Gasteiger charge is 2.12. The highest BCUT2D eigenvalue weighted by Crippen LogP contribution is 2.11. The number of benzene rings is 1. The lowest BCUT2D eigenvalue weighted by molar-refractivity contribution is -0.130. The molecule has 0 unspecified atom stereocenters. The molecule has 0 saturated heterocycles. The molecule has 1 aromatic carbocycles. The third kappa shape index (κ3) is 4.13. The molecular formula is C14H23N3O. The summed E-state index contributed by atoms with van der Waals surface area (Å²) in [6.07, 6.45) is 0. The maximum Gasteiger partial charge on any atom is 0.236 e. The van der Waals surface area contributed by atoms with Crippen molar-refractivity contribution >= 4 is 5.91 Å². The van der Waals surface area contributed by atoms with E-state index >= 15 is 0 Å². The van der Waals surface area contributed by atoms with E-state index in [9.17, 15) is 4.79 Å². The molecule has 0 heterocycles. The van der Waals surface area contributed by atoms with Crippen molar-refractivity contribution in [1.29, 1.82) is 0 Å². The summed E-state index contributed by atoms with van der Waals surface area (Å²) in [5.74, 6) is 0.127. The summed E-state index contributed by atoms with van der Waals surface area (Å²) < 4.78 is 0. The van der Waals surface area contributed by atoms with Gasteiger partial charge in [-0.15, -0.1) is 0 Å². The standard InChI is InChI=1S/C14H23N3O/c1-4-17(11-14(18)16(2)3)10-13-8-6-5-7-12(13)9-15/h5-8H,4,9-11,15H2,1-3H3. The summed E-state index contributed by atoms with van der Waals surface area (Å²) in [4.78, 5) is 15.5. The van der Waals surface area contributed by atoms with Crippen molar-refractivity contribution in [3.63, 3.8) is 0 Å². The molecule has 4 nitrogen and oxygen atoms in total. The van der Waals surface area contributed by atoms with E-state index in [1.807, 2.05) is 18.2 Å². The topological polar surface area (TPSA) is 49.6 Å². The van der Waals surface area contributed by atoms with Gasteiger partial charge in [-0.05, 0) is 17.7 Å². The van der Waals surface area contributed by atoms with Crippen LogP contribution in [0.3, 0.4) is 0 Å². The maximum atomic E-state index is 11.7. The molecule has 1 amide bonds. The number of carbonyl (C=O) groups excluding carboxylic acids is 1. The van der Waals surface area contributed by atoms with Crippen molar-refractivity contribution in [1.82, 2.24) is 9.80 Å². The molecule has 4 heteroatoms. The van der Waals surface area contributed by atoms with Gasteiger partial charge in [-0.2, -0.15) is 0 Å². The van der Waals surface area contributed by atoms with Gasteiger partial charge in [-0.3, -0.25) is 9.69 Å². The highest BCUT2D eigenvalue weighted by molar-refractivity contribution is 5.77. The van der Waals surface area contributed by atoms with Crippen LogP contribution in [0.4, 0.5) is 0 Å². The molecule has 1 aromatic rings. The molecule has 1 rings (SSSR count). The number of amides is 1. The van der Waals surface area contributed by atoms with Crippen LogP contribution < -0.4 is 5.73 Å². The smallest absolute Gasteiger partial charge is 0.236 e. The van der Waals surface area contributed by atoms with Crippen LogP contribution in [0.2, 0.25) is 0 Å². The molecule has 0 aliphatic heterocycles. The summed E-state index contributed by atoms with van der Waals surface area (Å²) in [7, 11) is 3.56. The van der Waals surface area contributed by atoms with Gasteiger partial charge in [0, 0.05) is 27.2 Å². The second-order valence-electron chi connectivity index (χ2n) is 4.56. The van der Waals surface area contributed by atoms with Crippen LogP contribution >= 0.6 is 0 Å². The number of hydrogen-bond donors (Lipinski definition) is 1. The van der Waals surface area contributed by atoms with Gasteiger partial charge in [0.05, 0.1) is 6.54 Å². The van der Waals surface area contributed by atoms with Gasteiger partial charge in [-0.1, -0.05) is 31.2 Å². The molecule has 0 radical (unpaired) electrons. The number of hydrogen-bond acceptors (Lipinski definition) is 3. The molecule has 0 aliphatic carbocycles. The van der Waals surface area contributed by atoms with Gasteiger partial charge in [0.25, 0.3) is 0 Å². The summed E-state index contributed by atoms with van der Waals surface area (Å²) >= 11 is 0. The second kappa shape index (κ2) is 7.13. The normalized spacial score (nSPS) is 10.7. The highest BCUT2D eigenvalue weighted by atomic mass is 16.2. The third-order valence-corrected chi connectivity index (χ3v) is 3.04. The molecule has 0 atom stereocenters. The Hall–Kier alpha value is -1.39. The average molecular weight is 249 g/mol. The van der Waals surface area contributed by atoms with E-state index in [0.29, 0.717) is 13.1 Å². The Morgan fingerprint density at radius 2 is 1.83 bits per heavy atom. The van der Waals surface area contributed by atoms with E-state index in [1.54, 1.807) is 19.0 Å². The number of nitrogens with two attached hydrogens (primary N) is 1. The van der Waals surface area contributed by atoms with Crippen LogP contribution in [0, 0.1) is 0 Å². The molecule has 0 aromatic heterocycles. The molecule has 18 heavy (non-hydrogen) atoms. The van der Waals surface area contributed by atoms with Gasteiger partial charge in [-0.25, -0.2) is 0 Å². The molecule has 0 fully saturated rings. The fraction of sp³-hybridized carbons (Fsp3) is 0.500. The summed E-state index contributed by atoms with van der Waals surface area (Å²) in [6.45, 7) is 4.66. The van der Waals surface area contributed by atoms with E-state index in [1.165, 1.54) is 5.56 Å². The molecule has 0 bridgehead atoms. The van der Waals surface area contributed by atoms with Crippen molar-refractivity contribution in [2.45, 2.75) is 20.0 Å². The Labute approximate surface area is 109 Å². The van der Waals surface area contributed by atoms with Gasteiger partial charge in [0.15, 0.2) is 0 Å². The van der Waals surface area contributed by atoms with Crippen LogP contribution in [0.5, 0.6) is 0 Å². The van der Waals surface area contributed by atoms with E-state index in [2.05, 4.69) is 17.9 Å². The van der Waals surface area contributed by atoms with Crippen LogP contribution in [0.15, 0.2) is 24.3 Å². The summed E-state index contributed by atoms with van der Waals surface area (Å²) in [6, 6.07) is 8.12. The monoisotopic (exact) mass is 249 g/mol. The predicted octanol–water partition coefficient (Wildman–Crippen LogP) is 1.06. The van der Waals surface area contributed by atoms with Gasteiger partial charge in [0.1, 0.15) is 0 Å². The lowest BCUT2D eigenvalue weighted by Crippen LogP contribution is -2.36. The number of likely N-dealkylation sites (N-methyl/N-ethyl adjacent to an activating group) is 2. The maximum absolute atomic E-state index is 11.7. The van der Waals surface area contributed by atoms with Crippen LogP contribution in [0.25, 0.3) is 0 Å². The van der Waals surface area contributed by atoms with Gasteiger partial charge < -0.3 is 10.6 Å². The first kappa shape index (κ1) is 14.7. The van der Waals surface area contributed by atoms with E-state index in [4.69, 9.17) is 5.73 Å². The zero-order valence-corrected chi connectivity index (χ0v) is 11.5. The van der Waals surface area contributed by atoms with Gasteiger partial charge >= 0.3 is 0 Å². The van der Waals surface area contributed by atoms with Crippen molar-refractivity contribution in [2.24, 2.45) is 5.73 Å². The molecule has 2 N–H and O–H groups in total. The number of nitrogens with zero attached hydrogens (tertiary/aromatic N) is 2. The molecule has 0 spiro atoms. The van der Waals surface area contributed by atoms with E-state index in [0.717, 1.165) is 18.7 Å². The lowest BCUT2D eigenvalue weighted by Gasteiger charge is -2.23. The zero-order chi connectivity index (χ0) is 13.5. The SMILES string of the molecule is CCN(CC(=O)N(C)C)Cc1ccccc1CN. The minimum Gasteiger partial charge on any atom is -0.348 e. The Kier molecular flexibility index (Phi) is 5.82. The van der Waals surface area contributed by atoms with E-state index in [-0.39, 0.29) is 5.91 Å². The zero-order valence-electron chi connectivity index (χ0n) is 11.5. The Balaban J connectivity index is 2.70. The lowest BCUT2D eigenvalue weighted by atomic mass is 10.1. The van der Waals surface area contributed by atoms with Crippen LogP contribution in [-0.4, -0.2) is 42.9 Å². The first-order valence-electron chi connectivity index (χ1n) is 6.27. The molecule has 0 aliphatic rings. The first-order chi connectivity index (χ1) is 8.58. The van der Waals surface area contributed by atoms with Crippen molar-refractivity contribution in [3.8, 4) is 0 Å². The summed E-state index contributed by atoms with van der Waals surface area (Å²) in [5, 5.41) is 0. The number of rotatable bonds is 6. The van der Waals surface area contributed by atoms with Crippen molar-refractivity contribution in [3.05, 3.63) is 35.4 Å². The van der Waals surface area contributed by atoms with Gasteiger partial charge in [0.2, 0.25) is 5.91 Å². The predicted molar refractivity (Wildman–Crippen MR) is 74.0 cm³/mol.